The monoisotopic (exact) mass is 257 g/mol. The minimum Gasteiger partial charge on any atom is -0.393 e. The average Bonchev–Trinajstić information content (AvgIpc) is 2.20. The van der Waals surface area contributed by atoms with E-state index in [1.807, 2.05) is 13.8 Å². The second kappa shape index (κ2) is 5.67. The molecule has 1 rings (SSSR count). The van der Waals surface area contributed by atoms with E-state index in [0.29, 0.717) is 5.82 Å². The van der Waals surface area contributed by atoms with Gasteiger partial charge in [0.15, 0.2) is 11.0 Å². The number of carbonyl (C=O) groups is 1. The lowest BCUT2D eigenvalue weighted by atomic mass is 10.3. The van der Waals surface area contributed by atoms with E-state index in [9.17, 15) is 4.79 Å². The van der Waals surface area contributed by atoms with Crippen LogP contribution in [0.15, 0.2) is 6.33 Å². The molecule has 1 heterocycles. The summed E-state index contributed by atoms with van der Waals surface area (Å²) < 4.78 is 0. The smallest absolute Gasteiger partial charge is 0.239 e. The first-order valence-electron chi connectivity index (χ1n) is 5.18. The van der Waals surface area contributed by atoms with Crippen molar-refractivity contribution in [3.8, 4) is 0 Å². The Bertz CT molecular complexity index is 410. The Morgan fingerprint density at radius 2 is 2.24 bits per heavy atom. The minimum atomic E-state index is -0.100. The summed E-state index contributed by atoms with van der Waals surface area (Å²) in [6.45, 7) is 3.96. The van der Waals surface area contributed by atoms with Crippen molar-refractivity contribution in [1.29, 1.82) is 0 Å². The molecule has 0 radical (unpaired) electrons. The molecule has 0 aliphatic carbocycles. The van der Waals surface area contributed by atoms with E-state index < -0.39 is 0 Å². The fraction of sp³-hybridized carbons (Fsp3) is 0.500. The number of nitrogen functional groups attached to an aromatic ring is 1. The van der Waals surface area contributed by atoms with E-state index in [1.165, 1.54) is 6.33 Å². The zero-order chi connectivity index (χ0) is 13.0. The van der Waals surface area contributed by atoms with E-state index in [4.69, 9.17) is 17.3 Å². The summed E-state index contributed by atoms with van der Waals surface area (Å²) in [7, 11) is 1.72. The van der Waals surface area contributed by atoms with Crippen LogP contribution in [0, 0.1) is 0 Å². The summed E-state index contributed by atoms with van der Waals surface area (Å²) >= 11 is 5.78. The summed E-state index contributed by atoms with van der Waals surface area (Å²) in [6, 6.07) is 0.0993. The molecule has 94 valence electrons. The van der Waals surface area contributed by atoms with Gasteiger partial charge in [-0.25, -0.2) is 9.97 Å². The van der Waals surface area contributed by atoms with Gasteiger partial charge in [-0.3, -0.25) is 4.79 Å². The molecule has 0 aromatic carbocycles. The maximum absolute atomic E-state index is 11.6. The van der Waals surface area contributed by atoms with Crippen molar-refractivity contribution >= 4 is 29.0 Å². The van der Waals surface area contributed by atoms with Gasteiger partial charge in [0.05, 0.1) is 6.54 Å². The van der Waals surface area contributed by atoms with Gasteiger partial charge in [0, 0.05) is 13.1 Å². The number of aromatic nitrogens is 2. The lowest BCUT2D eigenvalue weighted by Crippen LogP contribution is -2.39. The summed E-state index contributed by atoms with van der Waals surface area (Å²) in [5, 5.41) is 2.97. The highest BCUT2D eigenvalue weighted by atomic mass is 35.5. The standard InChI is InChI=1S/C10H16ClN5O/c1-6(2)15-7(17)4-16(3)10-8(12)9(11)13-5-14-10/h5-6H,4,12H2,1-3H3,(H,15,17). The van der Waals surface area contributed by atoms with Gasteiger partial charge in [-0.1, -0.05) is 11.6 Å². The number of rotatable bonds is 4. The van der Waals surface area contributed by atoms with Gasteiger partial charge in [-0.05, 0) is 13.8 Å². The molecule has 0 spiro atoms. The summed E-state index contributed by atoms with van der Waals surface area (Å²) in [4.78, 5) is 20.9. The molecule has 0 aliphatic rings. The Morgan fingerprint density at radius 3 is 2.82 bits per heavy atom. The second-order valence-corrected chi connectivity index (χ2v) is 4.34. The Kier molecular flexibility index (Phi) is 4.51. The fourth-order valence-electron chi connectivity index (χ4n) is 1.33. The molecular formula is C10H16ClN5O. The number of halogens is 1. The lowest BCUT2D eigenvalue weighted by molar-refractivity contribution is -0.120. The molecule has 0 saturated carbocycles. The van der Waals surface area contributed by atoms with Crippen LogP contribution in [0.3, 0.4) is 0 Å². The SMILES string of the molecule is CC(C)NC(=O)CN(C)c1ncnc(Cl)c1N. The Labute approximate surface area is 105 Å². The van der Waals surface area contributed by atoms with Crippen molar-refractivity contribution in [1.82, 2.24) is 15.3 Å². The van der Waals surface area contributed by atoms with E-state index in [0.717, 1.165) is 0 Å². The highest BCUT2D eigenvalue weighted by Gasteiger charge is 2.14. The summed E-state index contributed by atoms with van der Waals surface area (Å²) in [6.07, 6.45) is 1.31. The van der Waals surface area contributed by atoms with Crippen molar-refractivity contribution < 1.29 is 4.79 Å². The van der Waals surface area contributed by atoms with Gasteiger partial charge < -0.3 is 16.0 Å². The van der Waals surface area contributed by atoms with Gasteiger partial charge in [0.2, 0.25) is 5.91 Å². The first-order valence-corrected chi connectivity index (χ1v) is 5.56. The number of hydrogen-bond donors (Lipinski definition) is 2. The molecule has 0 fully saturated rings. The first kappa shape index (κ1) is 13.5. The van der Waals surface area contributed by atoms with Crippen LogP contribution in [0.4, 0.5) is 11.5 Å². The highest BCUT2D eigenvalue weighted by Crippen LogP contribution is 2.24. The molecule has 7 heteroatoms. The number of nitrogens with one attached hydrogen (secondary N) is 1. The lowest BCUT2D eigenvalue weighted by Gasteiger charge is -2.20. The van der Waals surface area contributed by atoms with Crippen molar-refractivity contribution in [2.45, 2.75) is 19.9 Å². The molecule has 17 heavy (non-hydrogen) atoms. The number of nitrogens with two attached hydrogens (primary N) is 1. The molecule has 1 aromatic heterocycles. The van der Waals surface area contributed by atoms with E-state index >= 15 is 0 Å². The maximum Gasteiger partial charge on any atom is 0.239 e. The van der Waals surface area contributed by atoms with Crippen LogP contribution in [0.1, 0.15) is 13.8 Å². The van der Waals surface area contributed by atoms with Gasteiger partial charge in [0.1, 0.15) is 12.0 Å². The number of likely N-dealkylation sites (N-methyl/N-ethyl adjacent to an activating group) is 1. The van der Waals surface area contributed by atoms with Crippen LogP contribution in [-0.2, 0) is 4.79 Å². The third-order valence-electron chi connectivity index (χ3n) is 2.01. The Morgan fingerprint density at radius 1 is 1.59 bits per heavy atom. The third-order valence-corrected chi connectivity index (χ3v) is 2.31. The van der Waals surface area contributed by atoms with Gasteiger partial charge >= 0.3 is 0 Å². The highest BCUT2D eigenvalue weighted by molar-refractivity contribution is 6.32. The Hall–Kier alpha value is -1.56. The predicted molar refractivity (Wildman–Crippen MR) is 68.0 cm³/mol. The molecule has 0 bridgehead atoms. The quantitative estimate of drug-likeness (QED) is 0.775. The van der Waals surface area contributed by atoms with Gasteiger partial charge in [0.25, 0.3) is 0 Å². The molecule has 0 atom stereocenters. The van der Waals surface area contributed by atoms with Crippen molar-refractivity contribution in [3.05, 3.63) is 11.5 Å². The Balaban J connectivity index is 2.73. The van der Waals surface area contributed by atoms with Crippen molar-refractivity contribution in [3.63, 3.8) is 0 Å². The topological polar surface area (TPSA) is 84.1 Å². The third kappa shape index (κ3) is 3.74. The molecule has 0 aliphatic heterocycles. The van der Waals surface area contributed by atoms with E-state index in [1.54, 1.807) is 11.9 Å². The van der Waals surface area contributed by atoms with Gasteiger partial charge in [-0.15, -0.1) is 0 Å². The number of hydrogen-bond acceptors (Lipinski definition) is 5. The zero-order valence-electron chi connectivity index (χ0n) is 10.1. The number of carbonyl (C=O) groups excluding carboxylic acids is 1. The van der Waals surface area contributed by atoms with E-state index in [-0.39, 0.29) is 29.3 Å². The van der Waals surface area contributed by atoms with Crippen molar-refractivity contribution in [2.75, 3.05) is 24.2 Å². The largest absolute Gasteiger partial charge is 0.393 e. The normalized spacial score (nSPS) is 10.4. The fourth-order valence-corrected chi connectivity index (χ4v) is 1.46. The molecule has 0 saturated heterocycles. The molecule has 1 amide bonds. The first-order chi connectivity index (χ1) is 7.91. The second-order valence-electron chi connectivity index (χ2n) is 3.98. The number of amides is 1. The van der Waals surface area contributed by atoms with Crippen LogP contribution in [0.25, 0.3) is 0 Å². The van der Waals surface area contributed by atoms with Crippen LogP contribution in [0.2, 0.25) is 5.15 Å². The molecule has 3 N–H and O–H groups in total. The molecule has 1 aromatic rings. The van der Waals surface area contributed by atoms with Crippen molar-refractivity contribution in [2.24, 2.45) is 0 Å². The number of nitrogens with zero attached hydrogens (tertiary/aromatic N) is 3. The minimum absolute atomic E-state index is 0.0993. The predicted octanol–water partition coefficient (Wildman–Crippen LogP) is 0.673. The van der Waals surface area contributed by atoms with Crippen LogP contribution in [-0.4, -0.2) is 35.5 Å². The molecular weight excluding hydrogens is 242 g/mol. The zero-order valence-corrected chi connectivity index (χ0v) is 10.8. The van der Waals surface area contributed by atoms with Crippen LogP contribution < -0.4 is 16.0 Å². The van der Waals surface area contributed by atoms with Gasteiger partial charge in [-0.2, -0.15) is 0 Å². The van der Waals surface area contributed by atoms with E-state index in [2.05, 4.69) is 15.3 Å². The average molecular weight is 258 g/mol. The summed E-state index contributed by atoms with van der Waals surface area (Å²) in [5.41, 5.74) is 6.00. The molecule has 6 nitrogen and oxygen atoms in total. The molecule has 0 unspecified atom stereocenters. The maximum atomic E-state index is 11.6. The summed E-state index contributed by atoms with van der Waals surface area (Å²) in [5.74, 6) is 0.348. The number of anilines is 2. The van der Waals surface area contributed by atoms with Crippen LogP contribution in [0.5, 0.6) is 0 Å². The van der Waals surface area contributed by atoms with Crippen LogP contribution >= 0.6 is 11.6 Å².